The first kappa shape index (κ1) is 13.2. The Bertz CT molecular complexity index is 418. The van der Waals surface area contributed by atoms with Crippen molar-refractivity contribution in [1.82, 2.24) is 4.98 Å². The van der Waals surface area contributed by atoms with Crippen LogP contribution < -0.4 is 11.1 Å². The topological polar surface area (TPSA) is 135 Å². The Hall–Kier alpha value is -1.88. The molecule has 1 heterocycles. The summed E-state index contributed by atoms with van der Waals surface area (Å²) in [7, 11) is 0. The summed E-state index contributed by atoms with van der Waals surface area (Å²) in [4.78, 5) is 3.89. The molecule has 0 fully saturated rings. The number of pyridine rings is 1. The van der Waals surface area contributed by atoms with Crippen molar-refractivity contribution < 1.29 is 15.3 Å². The molecule has 0 amide bonds. The van der Waals surface area contributed by atoms with Crippen molar-refractivity contribution >= 4 is 11.5 Å². The molecule has 17 heavy (non-hydrogen) atoms. The average Bonchev–Trinajstić information content (AvgIpc) is 2.38. The minimum atomic E-state index is -1.30. The summed E-state index contributed by atoms with van der Waals surface area (Å²) in [6, 6.07) is 3.29. The lowest BCUT2D eigenvalue weighted by Crippen LogP contribution is -2.49. The minimum absolute atomic E-state index is 0.196. The Morgan fingerprint density at radius 3 is 2.35 bits per heavy atom. The molecule has 0 aliphatic rings. The van der Waals surface area contributed by atoms with Crippen LogP contribution in [0, 0.1) is 11.3 Å². The molecule has 1 aromatic rings. The van der Waals surface area contributed by atoms with Gasteiger partial charge in [0.15, 0.2) is 0 Å². The third kappa shape index (κ3) is 2.82. The SMILES string of the molecule is N#Cc1cnc(NC(CO)(CO)CO)c(N)c1. The summed E-state index contributed by atoms with van der Waals surface area (Å²) >= 11 is 0. The van der Waals surface area contributed by atoms with E-state index in [1.807, 2.05) is 6.07 Å². The summed E-state index contributed by atoms with van der Waals surface area (Å²) in [6.45, 7) is -1.45. The predicted molar refractivity (Wildman–Crippen MR) is 61.0 cm³/mol. The third-order valence-electron chi connectivity index (χ3n) is 2.34. The number of nitrogens with one attached hydrogen (secondary N) is 1. The quantitative estimate of drug-likeness (QED) is 0.428. The fourth-order valence-electron chi connectivity index (χ4n) is 1.17. The molecule has 92 valence electrons. The molecule has 1 rings (SSSR count). The molecule has 0 spiro atoms. The van der Waals surface area contributed by atoms with E-state index in [1.54, 1.807) is 0 Å². The Labute approximate surface area is 98.1 Å². The van der Waals surface area contributed by atoms with Gasteiger partial charge < -0.3 is 26.4 Å². The molecule has 0 bridgehead atoms. The number of nitrogens with zero attached hydrogens (tertiary/aromatic N) is 2. The Kier molecular flexibility index (Phi) is 4.23. The minimum Gasteiger partial charge on any atom is -0.396 e. The van der Waals surface area contributed by atoms with Crippen molar-refractivity contribution in [2.24, 2.45) is 0 Å². The van der Waals surface area contributed by atoms with Crippen LogP contribution in [0.3, 0.4) is 0 Å². The van der Waals surface area contributed by atoms with E-state index in [2.05, 4.69) is 10.3 Å². The zero-order valence-corrected chi connectivity index (χ0v) is 9.09. The predicted octanol–water partition coefficient (Wildman–Crippen LogP) is -1.34. The van der Waals surface area contributed by atoms with Crippen molar-refractivity contribution in [1.29, 1.82) is 5.26 Å². The van der Waals surface area contributed by atoms with Crippen molar-refractivity contribution in [2.75, 3.05) is 30.9 Å². The maximum atomic E-state index is 9.13. The summed E-state index contributed by atoms with van der Waals surface area (Å²) in [5.74, 6) is 0.196. The van der Waals surface area contributed by atoms with Gasteiger partial charge in [0, 0.05) is 6.20 Å². The number of nitrogen functional groups attached to an aromatic ring is 1. The molecule has 0 radical (unpaired) electrons. The van der Waals surface area contributed by atoms with Gasteiger partial charge in [-0.15, -0.1) is 0 Å². The molecule has 0 saturated carbocycles. The lowest BCUT2D eigenvalue weighted by molar-refractivity contribution is 0.0831. The van der Waals surface area contributed by atoms with Gasteiger partial charge in [-0.05, 0) is 6.07 Å². The van der Waals surface area contributed by atoms with Crippen LogP contribution in [-0.4, -0.2) is 45.7 Å². The summed E-state index contributed by atoms with van der Waals surface area (Å²) in [5.41, 5.74) is 4.85. The number of nitriles is 1. The molecule has 6 N–H and O–H groups in total. The second-order valence-corrected chi connectivity index (χ2v) is 3.65. The summed E-state index contributed by atoms with van der Waals surface area (Å²) in [6.07, 6.45) is 1.30. The third-order valence-corrected chi connectivity index (χ3v) is 2.34. The monoisotopic (exact) mass is 238 g/mol. The summed E-state index contributed by atoms with van der Waals surface area (Å²) < 4.78 is 0. The molecule has 0 saturated heterocycles. The van der Waals surface area contributed by atoms with Crippen molar-refractivity contribution in [3.05, 3.63) is 17.8 Å². The van der Waals surface area contributed by atoms with Crippen LogP contribution in [0.2, 0.25) is 0 Å². The van der Waals surface area contributed by atoms with Crippen molar-refractivity contribution in [3.8, 4) is 6.07 Å². The first-order valence-corrected chi connectivity index (χ1v) is 4.87. The second-order valence-electron chi connectivity index (χ2n) is 3.65. The number of aromatic nitrogens is 1. The van der Waals surface area contributed by atoms with E-state index in [0.717, 1.165) is 0 Å². The zero-order chi connectivity index (χ0) is 12.9. The van der Waals surface area contributed by atoms with Gasteiger partial charge in [0.2, 0.25) is 0 Å². The lowest BCUT2D eigenvalue weighted by atomic mass is 10.0. The Morgan fingerprint density at radius 1 is 1.35 bits per heavy atom. The maximum Gasteiger partial charge on any atom is 0.149 e. The van der Waals surface area contributed by atoms with Gasteiger partial charge in [0.25, 0.3) is 0 Å². The van der Waals surface area contributed by atoms with E-state index in [-0.39, 0.29) is 11.5 Å². The van der Waals surface area contributed by atoms with Gasteiger partial charge in [-0.25, -0.2) is 4.98 Å². The number of hydrogen-bond donors (Lipinski definition) is 5. The van der Waals surface area contributed by atoms with Crippen molar-refractivity contribution in [2.45, 2.75) is 5.54 Å². The fourth-order valence-corrected chi connectivity index (χ4v) is 1.17. The van der Waals surface area contributed by atoms with Crippen LogP contribution in [-0.2, 0) is 0 Å². The number of nitrogens with two attached hydrogens (primary N) is 1. The Balaban J connectivity index is 2.99. The number of rotatable bonds is 5. The standard InChI is InChI=1S/C10H14N4O3/c11-2-7-1-8(12)9(13-3-7)14-10(4-15,5-16)6-17/h1,3,15-17H,4-6,12H2,(H,13,14). The smallest absolute Gasteiger partial charge is 0.149 e. The number of anilines is 2. The van der Waals surface area contributed by atoms with Crippen LogP contribution in [0.1, 0.15) is 5.56 Å². The van der Waals surface area contributed by atoms with Gasteiger partial charge in [-0.3, -0.25) is 0 Å². The molecular weight excluding hydrogens is 224 g/mol. The molecule has 0 unspecified atom stereocenters. The summed E-state index contributed by atoms with van der Waals surface area (Å²) in [5, 5.41) is 38.7. The highest BCUT2D eigenvalue weighted by Crippen LogP contribution is 2.20. The maximum absolute atomic E-state index is 9.13. The van der Waals surface area contributed by atoms with E-state index >= 15 is 0 Å². The molecule has 7 heteroatoms. The van der Waals surface area contributed by atoms with Gasteiger partial charge in [-0.1, -0.05) is 0 Å². The second kappa shape index (κ2) is 5.45. The van der Waals surface area contributed by atoms with Gasteiger partial charge in [0.05, 0.1) is 31.1 Å². The first-order valence-electron chi connectivity index (χ1n) is 4.87. The van der Waals surface area contributed by atoms with E-state index in [0.29, 0.717) is 5.56 Å². The van der Waals surface area contributed by atoms with Crippen LogP contribution in [0.25, 0.3) is 0 Å². The highest BCUT2D eigenvalue weighted by atomic mass is 16.3. The molecule has 0 atom stereocenters. The van der Waals surface area contributed by atoms with Crippen LogP contribution in [0.4, 0.5) is 11.5 Å². The zero-order valence-electron chi connectivity index (χ0n) is 9.09. The molecule has 1 aromatic heterocycles. The molecular formula is C10H14N4O3. The normalized spacial score (nSPS) is 10.9. The van der Waals surface area contributed by atoms with E-state index in [9.17, 15) is 0 Å². The number of aliphatic hydroxyl groups excluding tert-OH is 3. The highest BCUT2D eigenvalue weighted by molar-refractivity contribution is 5.64. The van der Waals surface area contributed by atoms with Crippen LogP contribution in [0.5, 0.6) is 0 Å². The van der Waals surface area contributed by atoms with Crippen LogP contribution >= 0.6 is 0 Å². The largest absolute Gasteiger partial charge is 0.396 e. The molecule has 0 aliphatic heterocycles. The van der Waals surface area contributed by atoms with E-state index < -0.39 is 25.4 Å². The highest BCUT2D eigenvalue weighted by Gasteiger charge is 2.28. The van der Waals surface area contributed by atoms with Gasteiger partial charge in [0.1, 0.15) is 17.4 Å². The fraction of sp³-hybridized carbons (Fsp3) is 0.400. The molecule has 0 aliphatic carbocycles. The van der Waals surface area contributed by atoms with E-state index in [4.69, 9.17) is 26.3 Å². The first-order chi connectivity index (χ1) is 8.10. The number of aliphatic hydroxyl groups is 3. The van der Waals surface area contributed by atoms with Crippen molar-refractivity contribution in [3.63, 3.8) is 0 Å². The number of hydrogen-bond acceptors (Lipinski definition) is 7. The average molecular weight is 238 g/mol. The lowest BCUT2D eigenvalue weighted by Gasteiger charge is -2.29. The molecule has 0 aromatic carbocycles. The van der Waals surface area contributed by atoms with Crippen LogP contribution in [0.15, 0.2) is 12.3 Å². The molecule has 7 nitrogen and oxygen atoms in total. The van der Waals surface area contributed by atoms with Gasteiger partial charge in [-0.2, -0.15) is 5.26 Å². The van der Waals surface area contributed by atoms with E-state index in [1.165, 1.54) is 12.3 Å². The Morgan fingerprint density at radius 2 is 1.94 bits per heavy atom. The van der Waals surface area contributed by atoms with Gasteiger partial charge >= 0.3 is 0 Å².